The summed E-state index contributed by atoms with van der Waals surface area (Å²) in [5, 5.41) is 0. The molecule has 15 heteroatoms. The fourth-order valence-corrected chi connectivity index (χ4v) is 11.2. The smallest absolute Gasteiger partial charge is 0.292 e. The molecule has 0 N–H and O–H groups in total. The minimum atomic E-state index is -0.517. The molecule has 80 heavy (non-hydrogen) atoms. The number of ketones is 6. The molecular formula is C65H97Al2ClO12. The lowest BCUT2D eigenvalue weighted by atomic mass is 9.87. The highest BCUT2D eigenvalue weighted by Gasteiger charge is 2.36. The van der Waals surface area contributed by atoms with Crippen LogP contribution in [0, 0.1) is 0 Å². The van der Waals surface area contributed by atoms with E-state index in [9.17, 15) is 28.8 Å². The molecule has 0 aliphatic heterocycles. The van der Waals surface area contributed by atoms with Gasteiger partial charge in [0.25, 0.3) is 28.3 Å². The number of hydrogen-bond donors (Lipinski definition) is 0. The van der Waals surface area contributed by atoms with Gasteiger partial charge in [0, 0.05) is 33.4 Å². The molecule has 0 heterocycles. The number of allylic oxidation sites excluding steroid dienone is 19. The van der Waals surface area contributed by atoms with Gasteiger partial charge in [-0.15, -0.1) is 50.2 Å². The number of alkyl halides is 1. The molecule has 3 aliphatic rings. The average Bonchev–Trinajstić information content (AvgIpc) is 3.39. The summed E-state index contributed by atoms with van der Waals surface area (Å²) in [6.07, 6.45) is 20.7. The third-order valence-corrected chi connectivity index (χ3v) is 16.4. The minimum absolute atomic E-state index is 0.00199. The Morgan fingerprint density at radius 3 is 1.09 bits per heavy atom. The Kier molecular flexibility index (Phi) is 39.3. The van der Waals surface area contributed by atoms with Crippen LogP contribution in [0.4, 0.5) is 0 Å². The summed E-state index contributed by atoms with van der Waals surface area (Å²) in [6, 6.07) is 0. The molecule has 442 valence electrons. The standard InChI is InChI=1S/C19H26O4.C14H18O4.C10H11ClO4.2C9H15.4CH3.2Al/c1-7-14(10-8-9-12(2)3)11-15-13(4)16(20)18(22-5)19(23-6)17(15)21;1-8(2)6-7-10-9(3)11(15)13(17-4)14(18-5)12(10)16;1-5-6(4-11)8(13)10(15-3)9(14-2)7(5)12;1-8(2)6-5-7-9(3)4;1-4-5-6-7-8-9(2)3;;;;;;/h7,9H,8,10-11H2,1-6H3;6H,7H2,1-5H3;4H2,1-3H3;1,7H,5-6H2,2-4H3;4,8H,6-7H2,1-3H3;4*1H3;;/b14-7-;;;;;;;;;;. The van der Waals surface area contributed by atoms with E-state index < -0.39 is 28.3 Å². The van der Waals surface area contributed by atoms with Crippen molar-refractivity contribution in [1.29, 1.82) is 0 Å². The highest BCUT2D eigenvalue weighted by atomic mass is 35.5. The number of ether oxygens (including phenoxy) is 6. The molecule has 0 radical (unpaired) electrons. The van der Waals surface area contributed by atoms with Gasteiger partial charge in [0.2, 0.25) is 69.3 Å². The Hall–Kier alpha value is -5.21. The van der Waals surface area contributed by atoms with Crippen molar-refractivity contribution >= 4 is 74.6 Å². The first-order chi connectivity index (χ1) is 37.5. The highest BCUT2D eigenvalue weighted by molar-refractivity contribution is 6.64. The van der Waals surface area contributed by atoms with E-state index in [0.29, 0.717) is 40.7 Å². The lowest BCUT2D eigenvalue weighted by Gasteiger charge is -2.21. The first kappa shape index (κ1) is 76.9. The number of hydrogen-bond acceptors (Lipinski definition) is 12. The maximum atomic E-state index is 12.6. The molecule has 12 nitrogen and oxygen atoms in total. The maximum absolute atomic E-state index is 12.6. The van der Waals surface area contributed by atoms with Crippen LogP contribution in [0.2, 0.25) is 23.1 Å². The van der Waals surface area contributed by atoms with Crippen LogP contribution >= 0.6 is 11.6 Å². The molecule has 0 aromatic heterocycles. The van der Waals surface area contributed by atoms with E-state index >= 15 is 0 Å². The molecule has 0 aromatic rings. The van der Waals surface area contributed by atoms with Crippen LogP contribution in [0.15, 0.2) is 147 Å². The van der Waals surface area contributed by atoms with Gasteiger partial charge in [0.05, 0.1) is 48.5 Å². The third-order valence-electron chi connectivity index (χ3n) is 12.8. The van der Waals surface area contributed by atoms with E-state index in [-0.39, 0.29) is 80.7 Å². The zero-order valence-corrected chi connectivity index (χ0v) is 56.4. The van der Waals surface area contributed by atoms with Crippen LogP contribution in [0.5, 0.6) is 0 Å². The quantitative estimate of drug-likeness (QED) is 0.0438. The first-order valence-corrected chi connectivity index (χ1v) is 33.8. The van der Waals surface area contributed by atoms with Crippen molar-refractivity contribution in [2.24, 2.45) is 0 Å². The summed E-state index contributed by atoms with van der Waals surface area (Å²) in [5.74, 6) is 7.50. The van der Waals surface area contributed by atoms with Crippen LogP contribution in [0.1, 0.15) is 148 Å². The molecule has 0 fully saturated rings. The van der Waals surface area contributed by atoms with Crippen LogP contribution in [-0.4, -0.2) is 112 Å². The van der Waals surface area contributed by atoms with Gasteiger partial charge in [-0.05, 0) is 148 Å². The number of rotatable bonds is 22. The van der Waals surface area contributed by atoms with Crippen molar-refractivity contribution in [1.82, 2.24) is 0 Å². The SMILES string of the molecule is C/C=C(/CCC=C(C)C)CC1=C(C)C(=O)C(OC)=C(OC)C1=O.C/C=[C](/CCC=C(C)C)[Al]([CH3])[CH3].CC(C)=CCC/C(C)=[CH]/[Al]([CH3])[CH3].COC1=C(OC)C(=O)C(CC=C(C)C)=C(C)C1=O.COC1=C(OC)C(=O)C(CCl)=C(C)C1=O. The lowest BCUT2D eigenvalue weighted by Crippen LogP contribution is -2.25. The van der Waals surface area contributed by atoms with Gasteiger partial charge in [0.1, 0.15) is 0 Å². The third kappa shape index (κ3) is 26.1. The molecule has 0 amide bonds. The number of carbonyl (C=O) groups is 6. The normalized spacial score (nSPS) is 14.8. The molecule has 0 spiro atoms. The van der Waals surface area contributed by atoms with Gasteiger partial charge in [-0.1, -0.05) is 63.8 Å². The average molecular weight is 1160 g/mol. The van der Waals surface area contributed by atoms with Crippen molar-refractivity contribution in [3.63, 3.8) is 0 Å². The number of halogens is 1. The molecule has 0 aromatic carbocycles. The molecular weight excluding hydrogens is 1060 g/mol. The minimum Gasteiger partial charge on any atom is -0.489 e. The second kappa shape index (κ2) is 40.9. The lowest BCUT2D eigenvalue weighted by molar-refractivity contribution is -0.121. The van der Waals surface area contributed by atoms with Crippen LogP contribution < -0.4 is 0 Å². The zero-order chi connectivity index (χ0) is 62.1. The van der Waals surface area contributed by atoms with E-state index in [0.717, 1.165) is 24.0 Å². The predicted octanol–water partition coefficient (Wildman–Crippen LogP) is 15.5. The van der Waals surface area contributed by atoms with Crippen molar-refractivity contribution in [2.75, 3.05) is 48.5 Å². The van der Waals surface area contributed by atoms with Crippen LogP contribution in [0.3, 0.4) is 0 Å². The summed E-state index contributed by atoms with van der Waals surface area (Å²) < 4.78 is 31.5. The Morgan fingerprint density at radius 2 is 0.762 bits per heavy atom. The van der Waals surface area contributed by atoms with Crippen LogP contribution in [-0.2, 0) is 57.2 Å². The van der Waals surface area contributed by atoms with Crippen molar-refractivity contribution in [2.45, 2.75) is 171 Å². The topological polar surface area (TPSA) is 158 Å². The maximum Gasteiger partial charge on any atom is 0.292 e. The second-order valence-electron chi connectivity index (χ2n) is 21.0. The van der Waals surface area contributed by atoms with Crippen molar-refractivity contribution in [3.8, 4) is 0 Å². The highest BCUT2D eigenvalue weighted by Crippen LogP contribution is 2.32. The number of Topliss-reactive ketones (excluding diaryl/α,β-unsaturated/α-hetero) is 6. The van der Waals surface area contributed by atoms with E-state index in [1.165, 1.54) is 85.1 Å². The van der Waals surface area contributed by atoms with Gasteiger partial charge in [0.15, 0.2) is 0 Å². The molecule has 3 rings (SSSR count). The second-order valence-corrected chi connectivity index (χ2v) is 27.1. The molecule has 0 saturated heterocycles. The van der Waals surface area contributed by atoms with E-state index in [1.807, 2.05) is 32.9 Å². The fraction of sp³-hybridized carbons (Fsp3) is 0.508. The van der Waals surface area contributed by atoms with E-state index in [4.69, 9.17) is 40.0 Å². The Labute approximate surface area is 496 Å². The van der Waals surface area contributed by atoms with Crippen molar-refractivity contribution in [3.05, 3.63) is 147 Å². The molecule has 0 unspecified atom stereocenters. The largest absolute Gasteiger partial charge is 0.489 e. The summed E-state index contributed by atoms with van der Waals surface area (Å²) in [5.41, 5.74) is 10.4. The summed E-state index contributed by atoms with van der Waals surface area (Å²) >= 11 is 4.60. The van der Waals surface area contributed by atoms with E-state index in [1.54, 1.807) is 30.8 Å². The zero-order valence-electron chi connectivity index (χ0n) is 53.3. The van der Waals surface area contributed by atoms with Gasteiger partial charge in [-0.3, -0.25) is 28.8 Å². The van der Waals surface area contributed by atoms with Crippen LogP contribution in [0.25, 0.3) is 0 Å². The summed E-state index contributed by atoms with van der Waals surface area (Å²) in [7, 11) is 8.09. The number of carbonyl (C=O) groups excluding carboxylic acids is 6. The Morgan fingerprint density at radius 1 is 0.438 bits per heavy atom. The molecule has 0 atom stereocenters. The van der Waals surface area contributed by atoms with Gasteiger partial charge in [-0.2, -0.15) is 0 Å². The Balaban J connectivity index is 0. The molecule has 0 saturated carbocycles. The monoisotopic (exact) mass is 1160 g/mol. The van der Waals surface area contributed by atoms with E-state index in [2.05, 4.69) is 108 Å². The fourth-order valence-electron chi connectivity index (χ4n) is 8.14. The summed E-state index contributed by atoms with van der Waals surface area (Å²) in [4.78, 5) is 75.1. The predicted molar refractivity (Wildman–Crippen MR) is 333 cm³/mol. The van der Waals surface area contributed by atoms with Gasteiger partial charge >= 0.3 is 0 Å². The molecule has 0 bridgehead atoms. The Bertz CT molecular complexity index is 2610. The van der Waals surface area contributed by atoms with Crippen molar-refractivity contribution < 1.29 is 57.2 Å². The first-order valence-electron chi connectivity index (χ1n) is 27.4. The number of methoxy groups -OCH3 is 6. The summed E-state index contributed by atoms with van der Waals surface area (Å²) in [6.45, 7) is 27.9. The molecule has 3 aliphatic carbocycles. The van der Waals surface area contributed by atoms with Gasteiger partial charge in [-0.25, -0.2) is 0 Å². The van der Waals surface area contributed by atoms with Gasteiger partial charge < -0.3 is 28.4 Å².